The highest BCUT2D eigenvalue weighted by Crippen LogP contribution is 2.00. The van der Waals surface area contributed by atoms with Crippen molar-refractivity contribution in [3.05, 3.63) is 24.0 Å². The summed E-state index contributed by atoms with van der Waals surface area (Å²) < 4.78 is 31.5. The number of hydrogen-bond acceptors (Lipinski definition) is 2. The van der Waals surface area contributed by atoms with Crippen molar-refractivity contribution < 1.29 is 13.2 Å². The van der Waals surface area contributed by atoms with Gasteiger partial charge < -0.3 is 0 Å². The minimum atomic E-state index is -2.05. The molecule has 0 bridgehead atoms. The normalized spacial score (nSPS) is 13.3. The maximum Gasteiger partial charge on any atom is 0.265 e. The van der Waals surface area contributed by atoms with Gasteiger partial charge in [0.1, 0.15) is 0 Å². The third-order valence-electron chi connectivity index (χ3n) is 1.18. The van der Waals surface area contributed by atoms with Gasteiger partial charge in [-0.1, -0.05) is 0 Å². The topological polar surface area (TPSA) is 54.3 Å². The number of halogens is 1. The smallest absolute Gasteiger partial charge is 0.265 e. The summed E-state index contributed by atoms with van der Waals surface area (Å²) in [4.78, 5) is 0. The molecule has 0 fully saturated rings. The molecule has 62 valence electrons. The molecule has 1 rings (SSSR count). The molecule has 0 aliphatic carbocycles. The second-order valence-corrected chi connectivity index (χ2v) is 2.80. The maximum atomic E-state index is 11.5. The molecule has 0 radical (unpaired) electrons. The zero-order valence-corrected chi connectivity index (χ0v) is 6.34. The van der Waals surface area contributed by atoms with Crippen molar-refractivity contribution in [3.8, 4) is 0 Å². The highest BCUT2D eigenvalue weighted by atomic mass is 32.2. The fourth-order valence-electron chi connectivity index (χ4n) is 0.698. The molecular formula is C5H7FN2O2S. The third kappa shape index (κ3) is 2.11. The fourth-order valence-corrected chi connectivity index (χ4v) is 1.09. The highest BCUT2D eigenvalue weighted by molar-refractivity contribution is 7.77. The van der Waals surface area contributed by atoms with Crippen molar-refractivity contribution in [2.45, 2.75) is 6.54 Å². The minimum absolute atomic E-state index is 0.0458. The summed E-state index contributed by atoms with van der Waals surface area (Å²) in [5.41, 5.74) is 2.06. The van der Waals surface area contributed by atoms with Crippen LogP contribution in [0.5, 0.6) is 0 Å². The molecule has 0 amide bonds. The van der Waals surface area contributed by atoms with E-state index in [1.54, 1.807) is 6.07 Å². The molecule has 0 spiro atoms. The molecule has 11 heavy (non-hydrogen) atoms. The van der Waals surface area contributed by atoms with Gasteiger partial charge in [-0.3, -0.25) is 8.53 Å². The Bertz CT molecular complexity index is 263. The summed E-state index contributed by atoms with van der Waals surface area (Å²) >= 11 is -2.05. The van der Waals surface area contributed by atoms with Gasteiger partial charge in [-0.05, 0) is 11.6 Å². The van der Waals surface area contributed by atoms with E-state index < -0.39 is 11.3 Å². The van der Waals surface area contributed by atoms with Gasteiger partial charge >= 0.3 is 0 Å². The largest absolute Gasteiger partial charge is 0.289 e. The molecule has 0 aliphatic heterocycles. The van der Waals surface area contributed by atoms with Crippen LogP contribution in [0.15, 0.2) is 18.5 Å². The maximum absolute atomic E-state index is 11.5. The van der Waals surface area contributed by atoms with Crippen LogP contribution in [0, 0.1) is 0 Å². The first-order valence-corrected chi connectivity index (χ1v) is 3.92. The van der Waals surface area contributed by atoms with Gasteiger partial charge in [0.25, 0.3) is 11.3 Å². The Morgan fingerprint density at radius 3 is 3.00 bits per heavy atom. The number of nitrogens with zero attached hydrogens (tertiary/aromatic N) is 1. The van der Waals surface area contributed by atoms with Gasteiger partial charge in [0.2, 0.25) is 0 Å². The Kier molecular flexibility index (Phi) is 2.75. The van der Waals surface area contributed by atoms with Crippen LogP contribution in [0.4, 0.5) is 4.48 Å². The van der Waals surface area contributed by atoms with Crippen molar-refractivity contribution in [1.82, 2.24) is 9.51 Å². The predicted octanol–water partition coefficient (Wildman–Crippen LogP) is 0.447. The molecule has 1 unspecified atom stereocenters. The average molecular weight is 178 g/mol. The van der Waals surface area contributed by atoms with Gasteiger partial charge in [-0.15, -0.1) is 4.48 Å². The second kappa shape index (κ2) is 3.61. The lowest BCUT2D eigenvalue weighted by atomic mass is 10.3. The highest BCUT2D eigenvalue weighted by Gasteiger charge is 1.98. The van der Waals surface area contributed by atoms with Crippen LogP contribution in [-0.2, 0) is 17.8 Å². The molecule has 0 aliphatic rings. The lowest BCUT2D eigenvalue weighted by Gasteiger charge is -1.91. The van der Waals surface area contributed by atoms with Crippen LogP contribution in [-0.4, -0.2) is 12.7 Å². The van der Waals surface area contributed by atoms with Gasteiger partial charge in [0, 0.05) is 12.4 Å². The number of hydrogen-bond donors (Lipinski definition) is 2. The number of aromatic nitrogens is 1. The molecular weight excluding hydrogens is 171 g/mol. The summed E-state index contributed by atoms with van der Waals surface area (Å²) in [6.45, 7) is 0.0458. The first-order valence-electron chi connectivity index (χ1n) is 2.85. The third-order valence-corrected chi connectivity index (χ3v) is 1.77. The van der Waals surface area contributed by atoms with Gasteiger partial charge in [0.15, 0.2) is 0 Å². The molecule has 1 atom stereocenters. The molecule has 6 heteroatoms. The van der Waals surface area contributed by atoms with E-state index >= 15 is 0 Å². The van der Waals surface area contributed by atoms with Crippen LogP contribution in [0.1, 0.15) is 5.56 Å². The quantitative estimate of drug-likeness (QED) is 0.522. The number of rotatable bonds is 3. The van der Waals surface area contributed by atoms with Gasteiger partial charge in [0.05, 0.1) is 6.54 Å². The minimum Gasteiger partial charge on any atom is -0.289 e. The van der Waals surface area contributed by atoms with Crippen LogP contribution in [0.3, 0.4) is 0 Å². The Morgan fingerprint density at radius 1 is 1.82 bits per heavy atom. The SMILES string of the molecule is O=S(O)n1ccc(CNF)c1. The summed E-state index contributed by atoms with van der Waals surface area (Å²) in [5.74, 6) is 0. The average Bonchev–Trinajstić information content (AvgIpc) is 2.37. The van der Waals surface area contributed by atoms with E-state index in [4.69, 9.17) is 4.55 Å². The van der Waals surface area contributed by atoms with E-state index in [9.17, 15) is 8.69 Å². The van der Waals surface area contributed by atoms with Crippen LogP contribution in [0.2, 0.25) is 0 Å². The lowest BCUT2D eigenvalue weighted by Crippen LogP contribution is -2.00. The standard InChI is InChI=1S/C5H7FN2O2S/c6-7-3-5-1-2-8(4-5)11(9)10/h1-2,4,7H,3H2,(H,9,10). The molecule has 0 saturated heterocycles. The Balaban J connectivity index is 2.73. The first kappa shape index (κ1) is 8.38. The molecule has 1 aromatic rings. The molecule has 1 aromatic heterocycles. The lowest BCUT2D eigenvalue weighted by molar-refractivity contribution is 0.330. The molecule has 0 aromatic carbocycles. The monoisotopic (exact) mass is 178 g/mol. The van der Waals surface area contributed by atoms with E-state index in [-0.39, 0.29) is 6.54 Å². The summed E-state index contributed by atoms with van der Waals surface area (Å²) in [5, 5.41) is 0. The van der Waals surface area contributed by atoms with E-state index in [0.29, 0.717) is 5.56 Å². The van der Waals surface area contributed by atoms with E-state index in [2.05, 4.69) is 0 Å². The second-order valence-electron chi connectivity index (χ2n) is 1.92. The van der Waals surface area contributed by atoms with Crippen LogP contribution in [0.25, 0.3) is 0 Å². The predicted molar refractivity (Wildman–Crippen MR) is 38.5 cm³/mol. The van der Waals surface area contributed by atoms with Gasteiger partial charge in [-0.25, -0.2) is 4.21 Å². The zero-order valence-electron chi connectivity index (χ0n) is 5.53. The molecule has 4 nitrogen and oxygen atoms in total. The summed E-state index contributed by atoms with van der Waals surface area (Å²) in [7, 11) is 0. The molecule has 0 saturated carbocycles. The van der Waals surface area contributed by atoms with Crippen LogP contribution >= 0.6 is 0 Å². The van der Waals surface area contributed by atoms with Crippen molar-refractivity contribution in [3.63, 3.8) is 0 Å². The summed E-state index contributed by atoms with van der Waals surface area (Å²) in [6.07, 6.45) is 2.80. The van der Waals surface area contributed by atoms with Crippen molar-refractivity contribution in [1.29, 1.82) is 0 Å². The molecule has 1 heterocycles. The Morgan fingerprint density at radius 2 is 2.55 bits per heavy atom. The van der Waals surface area contributed by atoms with E-state index in [1.165, 1.54) is 17.9 Å². The van der Waals surface area contributed by atoms with E-state index in [1.807, 2.05) is 0 Å². The first-order chi connectivity index (χ1) is 5.24. The summed E-state index contributed by atoms with van der Waals surface area (Å²) in [6, 6.07) is 1.56. The van der Waals surface area contributed by atoms with Crippen molar-refractivity contribution >= 4 is 11.3 Å². The van der Waals surface area contributed by atoms with Gasteiger partial charge in [-0.2, -0.15) is 5.54 Å². The Hall–Kier alpha value is -0.720. The van der Waals surface area contributed by atoms with E-state index in [0.717, 1.165) is 3.97 Å². The Labute approximate surface area is 65.4 Å². The van der Waals surface area contributed by atoms with Crippen molar-refractivity contribution in [2.75, 3.05) is 0 Å². The van der Waals surface area contributed by atoms with Crippen molar-refractivity contribution in [2.24, 2.45) is 0 Å². The number of nitrogens with one attached hydrogen (secondary N) is 1. The molecule has 2 N–H and O–H groups in total. The fraction of sp³-hybridized carbons (Fsp3) is 0.200. The van der Waals surface area contributed by atoms with Crippen LogP contribution < -0.4 is 5.54 Å². The zero-order chi connectivity index (χ0) is 8.27.